The number of hydrogen-bond donors (Lipinski definition) is 2. The predicted octanol–water partition coefficient (Wildman–Crippen LogP) is -0.621. The molecule has 0 saturated carbocycles. The minimum absolute atomic E-state index is 0.00145. The standard InChI is InChI=1S/C12H17FN2O6S/c1-3-21-12(17)11-10(13)9(4-15(11)2)22(18,19)14-7-5-20-6-8(7)16/h4,7-8,14,16H,3,5-6H2,1-2H3/t7?,8-/m0/s1. The molecule has 1 fully saturated rings. The topological polar surface area (TPSA) is 107 Å². The van der Waals surface area contributed by atoms with Gasteiger partial charge in [-0.25, -0.2) is 22.3 Å². The van der Waals surface area contributed by atoms with Crippen LogP contribution in [0.25, 0.3) is 0 Å². The molecule has 0 amide bonds. The Morgan fingerprint density at radius 3 is 2.82 bits per heavy atom. The van der Waals surface area contributed by atoms with Crippen LogP contribution in [0.1, 0.15) is 17.4 Å². The Hall–Kier alpha value is -1.49. The van der Waals surface area contributed by atoms with Crippen LogP contribution >= 0.6 is 0 Å². The smallest absolute Gasteiger partial charge is 0.358 e. The van der Waals surface area contributed by atoms with E-state index < -0.39 is 44.5 Å². The van der Waals surface area contributed by atoms with Crippen LogP contribution in [0.3, 0.4) is 0 Å². The van der Waals surface area contributed by atoms with Gasteiger partial charge in [-0.2, -0.15) is 0 Å². The van der Waals surface area contributed by atoms with Gasteiger partial charge in [-0.3, -0.25) is 0 Å². The molecule has 1 aromatic heterocycles. The first kappa shape index (κ1) is 16.9. The zero-order chi connectivity index (χ0) is 16.5. The van der Waals surface area contributed by atoms with Gasteiger partial charge in [0.2, 0.25) is 10.0 Å². The second kappa shape index (κ2) is 6.32. The number of carbonyl (C=O) groups excluding carboxylic acids is 1. The van der Waals surface area contributed by atoms with Crippen molar-refractivity contribution in [3.05, 3.63) is 17.7 Å². The normalized spacial score (nSPS) is 22.0. The summed E-state index contributed by atoms with van der Waals surface area (Å²) >= 11 is 0. The number of ether oxygens (including phenoxy) is 2. The summed E-state index contributed by atoms with van der Waals surface area (Å²) in [6, 6.07) is -0.865. The molecule has 8 nitrogen and oxygen atoms in total. The van der Waals surface area contributed by atoms with Gasteiger partial charge in [0, 0.05) is 13.2 Å². The maximum Gasteiger partial charge on any atom is 0.358 e. The lowest BCUT2D eigenvalue weighted by Gasteiger charge is -2.14. The molecule has 2 N–H and O–H groups in total. The van der Waals surface area contributed by atoms with Crippen molar-refractivity contribution < 1.29 is 32.2 Å². The van der Waals surface area contributed by atoms with Gasteiger partial charge < -0.3 is 19.1 Å². The first-order valence-corrected chi connectivity index (χ1v) is 8.06. The molecule has 2 rings (SSSR count). The highest BCUT2D eigenvalue weighted by Gasteiger charge is 2.34. The van der Waals surface area contributed by atoms with Crippen molar-refractivity contribution in [1.82, 2.24) is 9.29 Å². The molecule has 1 aromatic rings. The number of nitrogens with one attached hydrogen (secondary N) is 1. The van der Waals surface area contributed by atoms with E-state index in [4.69, 9.17) is 9.47 Å². The van der Waals surface area contributed by atoms with Crippen LogP contribution in [0.5, 0.6) is 0 Å². The fraction of sp³-hybridized carbons (Fsp3) is 0.583. The number of sulfonamides is 1. The molecule has 0 aliphatic carbocycles. The van der Waals surface area contributed by atoms with E-state index in [2.05, 4.69) is 4.72 Å². The van der Waals surface area contributed by atoms with E-state index in [0.29, 0.717) is 0 Å². The van der Waals surface area contributed by atoms with Gasteiger partial charge >= 0.3 is 5.97 Å². The molecule has 0 radical (unpaired) electrons. The lowest BCUT2D eigenvalue weighted by Crippen LogP contribution is -2.42. The Bertz CT molecular complexity index is 671. The number of aromatic nitrogens is 1. The van der Waals surface area contributed by atoms with E-state index in [-0.39, 0.29) is 19.8 Å². The van der Waals surface area contributed by atoms with Crippen LogP contribution in [-0.2, 0) is 26.5 Å². The number of aliphatic hydroxyl groups excluding tert-OH is 1. The summed E-state index contributed by atoms with van der Waals surface area (Å²) in [5.41, 5.74) is -0.481. The number of aryl methyl sites for hydroxylation is 1. The van der Waals surface area contributed by atoms with Crippen LogP contribution in [0.4, 0.5) is 4.39 Å². The zero-order valence-corrected chi connectivity index (χ0v) is 12.9. The molecule has 1 aliphatic heterocycles. The summed E-state index contributed by atoms with van der Waals surface area (Å²) in [7, 11) is -2.92. The number of carbonyl (C=O) groups is 1. The van der Waals surface area contributed by atoms with Crippen LogP contribution < -0.4 is 4.72 Å². The van der Waals surface area contributed by atoms with Crippen LogP contribution in [0, 0.1) is 5.82 Å². The van der Waals surface area contributed by atoms with Gasteiger partial charge in [0.1, 0.15) is 4.90 Å². The summed E-state index contributed by atoms with van der Waals surface area (Å²) in [5, 5.41) is 9.56. The van der Waals surface area contributed by atoms with Crippen molar-refractivity contribution in [1.29, 1.82) is 0 Å². The van der Waals surface area contributed by atoms with Crippen molar-refractivity contribution >= 4 is 16.0 Å². The zero-order valence-electron chi connectivity index (χ0n) is 12.1. The molecular formula is C12H17FN2O6S. The Morgan fingerprint density at radius 1 is 1.59 bits per heavy atom. The number of halogens is 1. The van der Waals surface area contributed by atoms with Crippen LogP contribution in [0.15, 0.2) is 11.1 Å². The van der Waals surface area contributed by atoms with E-state index in [1.807, 2.05) is 0 Å². The Morgan fingerprint density at radius 2 is 2.27 bits per heavy atom. The molecule has 124 valence electrons. The fourth-order valence-corrected chi connectivity index (χ4v) is 3.49. The first-order chi connectivity index (χ1) is 10.3. The van der Waals surface area contributed by atoms with Crippen molar-refractivity contribution in [2.75, 3.05) is 19.8 Å². The summed E-state index contributed by atoms with van der Waals surface area (Å²) in [6.07, 6.45) is -0.0300. The fourth-order valence-electron chi connectivity index (χ4n) is 2.11. The molecule has 1 aliphatic rings. The summed E-state index contributed by atoms with van der Waals surface area (Å²) < 4.78 is 51.6. The molecule has 0 spiro atoms. The van der Waals surface area contributed by atoms with Gasteiger partial charge in [0.25, 0.3) is 0 Å². The average Bonchev–Trinajstić information content (AvgIpc) is 2.94. The predicted molar refractivity (Wildman–Crippen MR) is 72.3 cm³/mol. The average molecular weight is 336 g/mol. The van der Waals surface area contributed by atoms with E-state index in [1.165, 1.54) is 7.05 Å². The van der Waals surface area contributed by atoms with Crippen LogP contribution in [-0.4, -0.2) is 56.0 Å². The van der Waals surface area contributed by atoms with E-state index >= 15 is 0 Å². The lowest BCUT2D eigenvalue weighted by molar-refractivity contribution is 0.0509. The number of aliphatic hydroxyl groups is 1. The third kappa shape index (κ3) is 3.14. The van der Waals surface area contributed by atoms with Crippen molar-refractivity contribution in [3.8, 4) is 0 Å². The lowest BCUT2D eigenvalue weighted by atomic mass is 10.2. The Kier molecular flexibility index (Phi) is 4.85. The van der Waals surface area contributed by atoms with E-state index in [0.717, 1.165) is 10.8 Å². The highest BCUT2D eigenvalue weighted by Crippen LogP contribution is 2.22. The summed E-state index contributed by atoms with van der Waals surface area (Å²) in [6.45, 7) is 1.58. The molecule has 0 bridgehead atoms. The summed E-state index contributed by atoms with van der Waals surface area (Å²) in [5.74, 6) is -2.14. The quantitative estimate of drug-likeness (QED) is 0.694. The van der Waals surface area contributed by atoms with E-state index in [9.17, 15) is 22.7 Å². The van der Waals surface area contributed by atoms with Gasteiger partial charge in [-0.15, -0.1) is 0 Å². The second-order valence-electron chi connectivity index (χ2n) is 4.82. The number of hydrogen-bond acceptors (Lipinski definition) is 6. The molecule has 10 heteroatoms. The van der Waals surface area contributed by atoms with Gasteiger partial charge in [0.15, 0.2) is 11.5 Å². The minimum atomic E-state index is -4.25. The molecule has 0 aromatic carbocycles. The molecule has 22 heavy (non-hydrogen) atoms. The SMILES string of the molecule is CCOC(=O)c1c(F)c(S(=O)(=O)NC2COC[C@@H]2O)cn1C. The third-order valence-corrected chi connectivity index (χ3v) is 4.68. The van der Waals surface area contributed by atoms with Gasteiger partial charge in [-0.1, -0.05) is 0 Å². The van der Waals surface area contributed by atoms with E-state index in [1.54, 1.807) is 6.92 Å². The second-order valence-corrected chi connectivity index (χ2v) is 6.50. The van der Waals surface area contributed by atoms with Crippen molar-refractivity contribution in [2.45, 2.75) is 24.0 Å². The number of nitrogens with zero attached hydrogens (tertiary/aromatic N) is 1. The maximum absolute atomic E-state index is 14.3. The van der Waals surface area contributed by atoms with Gasteiger partial charge in [-0.05, 0) is 6.92 Å². The Labute approximate surface area is 126 Å². The highest BCUT2D eigenvalue weighted by molar-refractivity contribution is 7.89. The Balaban J connectivity index is 2.32. The summed E-state index contributed by atoms with van der Waals surface area (Å²) in [4.78, 5) is 11.0. The molecule has 1 unspecified atom stereocenters. The maximum atomic E-state index is 14.3. The number of rotatable bonds is 5. The largest absolute Gasteiger partial charge is 0.461 e. The number of esters is 1. The monoisotopic (exact) mass is 336 g/mol. The molecular weight excluding hydrogens is 319 g/mol. The van der Waals surface area contributed by atoms with Crippen molar-refractivity contribution in [2.24, 2.45) is 7.05 Å². The minimum Gasteiger partial charge on any atom is -0.461 e. The third-order valence-electron chi connectivity index (χ3n) is 3.20. The molecule has 2 heterocycles. The first-order valence-electron chi connectivity index (χ1n) is 6.58. The molecule has 1 saturated heterocycles. The molecule has 2 atom stereocenters. The highest BCUT2D eigenvalue weighted by atomic mass is 32.2. The van der Waals surface area contributed by atoms with Crippen molar-refractivity contribution in [3.63, 3.8) is 0 Å². The van der Waals surface area contributed by atoms with Crippen LogP contribution in [0.2, 0.25) is 0 Å². The van der Waals surface area contributed by atoms with Gasteiger partial charge in [0.05, 0.1) is 32.0 Å².